The van der Waals surface area contributed by atoms with Crippen molar-refractivity contribution in [2.45, 2.75) is 28.8 Å². The molecule has 4 heterocycles. The van der Waals surface area contributed by atoms with E-state index in [1.807, 2.05) is 6.07 Å². The van der Waals surface area contributed by atoms with Crippen LogP contribution in [0.2, 0.25) is 0 Å². The van der Waals surface area contributed by atoms with Crippen LogP contribution in [-0.4, -0.2) is 22.0 Å². The molecule has 1 aromatic carbocycles. The van der Waals surface area contributed by atoms with Gasteiger partial charge in [-0.15, -0.1) is 11.8 Å². The number of thiazole rings is 1. The lowest BCUT2D eigenvalue weighted by Gasteiger charge is -2.42. The number of furan rings is 1. The molecule has 3 fully saturated rings. The number of carbonyl (C=O) groups excluding carboxylic acids is 2. The first-order valence-electron chi connectivity index (χ1n) is 11.2. The zero-order chi connectivity index (χ0) is 24.2. The molecule has 7 atom stereocenters. The van der Waals surface area contributed by atoms with Gasteiger partial charge in [-0.3, -0.25) is 19.3 Å². The van der Waals surface area contributed by atoms with Crippen LogP contribution in [0.5, 0.6) is 0 Å². The maximum Gasteiger partial charge on any atom is 0.416 e. The van der Waals surface area contributed by atoms with Gasteiger partial charge in [0.05, 0.1) is 45.2 Å². The molecule has 11 heteroatoms. The third kappa shape index (κ3) is 2.88. The lowest BCUT2D eigenvalue weighted by Crippen LogP contribution is -2.42. The molecule has 0 radical (unpaired) electrons. The average molecular weight is 519 g/mol. The smallest absolute Gasteiger partial charge is 0.416 e. The number of thioether (sulfide) groups is 1. The van der Waals surface area contributed by atoms with Gasteiger partial charge in [-0.1, -0.05) is 17.4 Å². The Hall–Kier alpha value is -2.79. The maximum atomic E-state index is 13.6. The largest absolute Gasteiger partial charge is 0.469 e. The van der Waals surface area contributed by atoms with Crippen molar-refractivity contribution in [3.05, 3.63) is 68.5 Å². The van der Waals surface area contributed by atoms with Crippen molar-refractivity contribution in [3.63, 3.8) is 0 Å². The van der Waals surface area contributed by atoms with Gasteiger partial charge >= 0.3 is 11.0 Å². The number of halogens is 3. The van der Waals surface area contributed by atoms with Gasteiger partial charge in [0.2, 0.25) is 11.8 Å². The highest BCUT2D eigenvalue weighted by Gasteiger charge is 2.70. The van der Waals surface area contributed by atoms with Crippen molar-refractivity contribution in [2.24, 2.45) is 29.6 Å². The number of H-pyrrole nitrogens is 1. The van der Waals surface area contributed by atoms with E-state index < -0.39 is 35.4 Å². The van der Waals surface area contributed by atoms with Gasteiger partial charge in [0, 0.05) is 5.25 Å². The van der Waals surface area contributed by atoms with Crippen LogP contribution in [0.3, 0.4) is 0 Å². The number of imide groups is 1. The first-order chi connectivity index (χ1) is 16.7. The molecule has 2 bridgehead atoms. The number of nitrogens with one attached hydrogen (secondary N) is 1. The fourth-order valence-electron chi connectivity index (χ4n) is 6.88. The Bertz CT molecular complexity index is 1430. The van der Waals surface area contributed by atoms with E-state index in [0.29, 0.717) is 12.2 Å². The monoisotopic (exact) mass is 518 g/mol. The second-order valence-corrected chi connectivity index (χ2v) is 11.7. The lowest BCUT2D eigenvalue weighted by atomic mass is 9.69. The number of anilines is 1. The Balaban J connectivity index is 1.30. The Morgan fingerprint density at radius 2 is 1.80 bits per heavy atom. The Labute approximate surface area is 204 Å². The van der Waals surface area contributed by atoms with Crippen LogP contribution in [0.25, 0.3) is 0 Å². The molecule has 180 valence electrons. The number of aromatic amines is 1. The lowest BCUT2D eigenvalue weighted by molar-refractivity contribution is -0.137. The first-order valence-corrected chi connectivity index (χ1v) is 12.9. The fraction of sp³-hybridized carbons (Fsp3) is 0.375. The summed E-state index contributed by atoms with van der Waals surface area (Å²) >= 11 is 2.69. The Morgan fingerprint density at radius 1 is 1.03 bits per heavy atom. The van der Waals surface area contributed by atoms with Gasteiger partial charge in [-0.2, -0.15) is 13.2 Å². The standard InChI is InChI=1S/C24H17F3N2O4S2/c25-24(26,27)9-3-1-4-10(7-9)29-21(30)15-11-8-12(16(15)22(29)31)18-14(11)17(13-5-2-6-33-13)19-20(34-18)28-23(32)35-19/h1-7,11-12,14-18H,8H2,(H,28,32)/t11-,12-,14+,15+,16+,17+,18-/m1/s1. The van der Waals surface area contributed by atoms with Crippen molar-refractivity contribution in [3.8, 4) is 0 Å². The van der Waals surface area contributed by atoms with E-state index in [4.69, 9.17) is 4.42 Å². The highest BCUT2D eigenvalue weighted by Crippen LogP contribution is 2.68. The van der Waals surface area contributed by atoms with E-state index in [1.165, 1.54) is 12.1 Å². The zero-order valence-electron chi connectivity index (χ0n) is 17.8. The molecule has 2 aromatic heterocycles. The summed E-state index contributed by atoms with van der Waals surface area (Å²) in [5.41, 5.74) is -0.934. The average Bonchev–Trinajstić information content (AvgIpc) is 3.61. The van der Waals surface area contributed by atoms with Crippen molar-refractivity contribution in [2.75, 3.05) is 4.90 Å². The van der Waals surface area contributed by atoms with Gasteiger partial charge in [0.25, 0.3) is 0 Å². The normalized spacial score (nSPS) is 33.2. The number of alkyl halides is 3. The zero-order valence-corrected chi connectivity index (χ0v) is 19.5. The summed E-state index contributed by atoms with van der Waals surface area (Å²) in [5.74, 6) is -1.76. The van der Waals surface area contributed by atoms with Gasteiger partial charge in [0.15, 0.2) is 0 Å². The first kappa shape index (κ1) is 21.5. The molecule has 2 saturated carbocycles. The molecule has 1 saturated heterocycles. The van der Waals surface area contributed by atoms with Crippen LogP contribution in [0.1, 0.15) is 28.5 Å². The number of amides is 2. The molecular weight excluding hydrogens is 501 g/mol. The highest BCUT2D eigenvalue weighted by atomic mass is 32.2. The minimum atomic E-state index is -4.58. The van der Waals surface area contributed by atoms with Crippen LogP contribution in [0.4, 0.5) is 18.9 Å². The predicted molar refractivity (Wildman–Crippen MR) is 121 cm³/mol. The highest BCUT2D eigenvalue weighted by molar-refractivity contribution is 8.00. The molecule has 2 amide bonds. The Kier molecular flexibility index (Phi) is 4.38. The number of carbonyl (C=O) groups is 2. The SMILES string of the molecule is O=C1[C@H]2[C@H]3C[C@@H]([C@@H]2C(=O)N1c1cccc(C(F)(F)F)c1)[C@H]1[C@H](c2ccco2)c2sc(=O)[nH]c2S[C@H]31. The van der Waals surface area contributed by atoms with Crippen LogP contribution < -0.4 is 9.77 Å². The molecule has 3 aromatic rings. The van der Waals surface area contributed by atoms with E-state index in [9.17, 15) is 27.6 Å². The van der Waals surface area contributed by atoms with E-state index >= 15 is 0 Å². The predicted octanol–water partition coefficient (Wildman–Crippen LogP) is 4.73. The third-order valence-corrected chi connectivity index (χ3v) is 10.6. The maximum absolute atomic E-state index is 13.6. The number of hydrogen-bond donors (Lipinski definition) is 1. The molecule has 0 unspecified atom stereocenters. The molecule has 35 heavy (non-hydrogen) atoms. The number of benzene rings is 1. The summed E-state index contributed by atoms with van der Waals surface area (Å²) < 4.78 is 45.7. The molecular formula is C24H17F3N2O4S2. The summed E-state index contributed by atoms with van der Waals surface area (Å²) in [5, 5.41) is 0.769. The minimum absolute atomic E-state index is 0.00712. The van der Waals surface area contributed by atoms with Gasteiger partial charge in [0.1, 0.15) is 5.76 Å². The summed E-state index contributed by atoms with van der Waals surface area (Å²) in [6.07, 6.45) is -2.30. The molecule has 0 spiro atoms. The van der Waals surface area contributed by atoms with E-state index in [2.05, 4.69) is 4.98 Å². The van der Waals surface area contributed by atoms with Crippen molar-refractivity contribution in [1.29, 1.82) is 0 Å². The van der Waals surface area contributed by atoms with Crippen LogP contribution in [0, 0.1) is 29.6 Å². The topological polar surface area (TPSA) is 83.4 Å². The number of hydrogen-bond acceptors (Lipinski definition) is 6. The van der Waals surface area contributed by atoms with E-state index in [1.54, 1.807) is 24.1 Å². The van der Waals surface area contributed by atoms with Crippen molar-refractivity contribution >= 4 is 40.6 Å². The van der Waals surface area contributed by atoms with Gasteiger partial charge in [-0.25, -0.2) is 0 Å². The summed E-state index contributed by atoms with van der Waals surface area (Å²) in [6.45, 7) is 0. The quantitative estimate of drug-likeness (QED) is 0.496. The molecule has 4 aliphatic rings. The number of fused-ring (bicyclic) bond motifs is 9. The summed E-state index contributed by atoms with van der Waals surface area (Å²) in [4.78, 5) is 43.9. The van der Waals surface area contributed by atoms with Gasteiger partial charge < -0.3 is 9.40 Å². The minimum Gasteiger partial charge on any atom is -0.469 e. The van der Waals surface area contributed by atoms with E-state index in [-0.39, 0.29) is 39.5 Å². The Morgan fingerprint density at radius 3 is 2.51 bits per heavy atom. The fourth-order valence-corrected chi connectivity index (χ4v) is 9.75. The molecule has 1 N–H and O–H groups in total. The van der Waals surface area contributed by atoms with Gasteiger partial charge in [-0.05, 0) is 54.5 Å². The van der Waals surface area contributed by atoms with Crippen LogP contribution in [-0.2, 0) is 15.8 Å². The second kappa shape index (κ2) is 7.13. The number of rotatable bonds is 2. The molecule has 6 nitrogen and oxygen atoms in total. The summed E-state index contributed by atoms with van der Waals surface area (Å²) in [7, 11) is 0. The third-order valence-electron chi connectivity index (χ3n) is 8.01. The number of nitrogens with zero attached hydrogens (tertiary/aromatic N) is 1. The van der Waals surface area contributed by atoms with E-state index in [0.717, 1.165) is 38.3 Å². The second-order valence-electron chi connectivity index (χ2n) is 9.54. The van der Waals surface area contributed by atoms with Crippen LogP contribution in [0.15, 0.2) is 56.9 Å². The molecule has 7 rings (SSSR count). The van der Waals surface area contributed by atoms with Crippen LogP contribution >= 0.6 is 23.1 Å². The van der Waals surface area contributed by atoms with Crippen molar-refractivity contribution in [1.82, 2.24) is 4.98 Å². The molecule has 2 aliphatic carbocycles. The number of aromatic nitrogens is 1. The summed E-state index contributed by atoms with van der Waals surface area (Å²) in [6, 6.07) is 8.05. The molecule has 2 aliphatic heterocycles. The van der Waals surface area contributed by atoms with Crippen molar-refractivity contribution < 1.29 is 27.2 Å².